The van der Waals surface area contributed by atoms with Crippen molar-refractivity contribution in [2.24, 2.45) is 0 Å². The summed E-state index contributed by atoms with van der Waals surface area (Å²) in [6.07, 6.45) is 1.84. The third kappa shape index (κ3) is 5.09. The fourth-order valence-corrected chi connectivity index (χ4v) is 4.43. The topological polar surface area (TPSA) is 80.6 Å². The van der Waals surface area contributed by atoms with Gasteiger partial charge in [-0.25, -0.2) is 0 Å². The number of rotatable bonds is 6. The van der Waals surface area contributed by atoms with Gasteiger partial charge in [0.25, 0.3) is 0 Å². The molecule has 0 unspecified atom stereocenters. The van der Waals surface area contributed by atoms with E-state index >= 15 is 0 Å². The van der Waals surface area contributed by atoms with Gasteiger partial charge in [-0.05, 0) is 54.8 Å². The number of benzene rings is 2. The van der Waals surface area contributed by atoms with Crippen molar-refractivity contribution in [1.82, 2.24) is 19.7 Å². The molecule has 2 aromatic heterocycles. The second-order valence-corrected chi connectivity index (χ2v) is 9.15. The van der Waals surface area contributed by atoms with Crippen LogP contribution in [-0.2, 0) is 16.1 Å². The molecule has 0 atom stereocenters. The molecular formula is C29H29N5O3. The fraction of sp³-hybridized carbons (Fsp3) is 0.241. The highest BCUT2D eigenvalue weighted by Crippen LogP contribution is 2.27. The first-order valence-electron chi connectivity index (χ1n) is 12.2. The molecule has 1 saturated heterocycles. The van der Waals surface area contributed by atoms with E-state index in [2.05, 4.69) is 4.98 Å². The van der Waals surface area contributed by atoms with Crippen molar-refractivity contribution in [3.05, 3.63) is 84.1 Å². The Bertz CT molecular complexity index is 1450. The van der Waals surface area contributed by atoms with E-state index in [1.165, 1.54) is 0 Å². The van der Waals surface area contributed by atoms with Gasteiger partial charge in [0.1, 0.15) is 24.5 Å². The van der Waals surface area contributed by atoms with E-state index in [1.807, 2.05) is 86.8 Å². The van der Waals surface area contributed by atoms with Crippen molar-refractivity contribution >= 4 is 17.5 Å². The molecule has 1 fully saturated rings. The molecule has 1 aliphatic rings. The van der Waals surface area contributed by atoms with Crippen LogP contribution >= 0.6 is 0 Å². The third-order valence-corrected chi connectivity index (χ3v) is 6.71. The number of carbonyl (C=O) groups is 2. The molecule has 1 aliphatic heterocycles. The zero-order valence-corrected chi connectivity index (χ0v) is 21.2. The van der Waals surface area contributed by atoms with Crippen LogP contribution < -0.4 is 9.64 Å². The summed E-state index contributed by atoms with van der Waals surface area (Å²) in [7, 11) is 1.60. The highest BCUT2D eigenvalue weighted by atomic mass is 16.5. The Morgan fingerprint density at radius 1 is 0.946 bits per heavy atom. The number of piperazine rings is 1. The van der Waals surface area contributed by atoms with Crippen LogP contribution in [0.5, 0.6) is 5.75 Å². The number of pyridine rings is 1. The summed E-state index contributed by atoms with van der Waals surface area (Å²) in [5.41, 5.74) is 6.24. The molecule has 4 aromatic rings. The highest BCUT2D eigenvalue weighted by Gasteiger charge is 2.29. The molecule has 0 spiro atoms. The molecule has 0 N–H and O–H groups in total. The quantitative estimate of drug-likeness (QED) is 0.402. The van der Waals surface area contributed by atoms with Gasteiger partial charge in [-0.2, -0.15) is 5.10 Å². The van der Waals surface area contributed by atoms with E-state index in [4.69, 9.17) is 9.84 Å². The van der Waals surface area contributed by atoms with Crippen molar-refractivity contribution < 1.29 is 14.3 Å². The molecule has 8 heteroatoms. The number of aromatic nitrogens is 3. The summed E-state index contributed by atoms with van der Waals surface area (Å²) in [4.78, 5) is 34.2. The first-order valence-corrected chi connectivity index (χ1v) is 12.2. The molecular weight excluding hydrogens is 466 g/mol. The third-order valence-electron chi connectivity index (χ3n) is 6.71. The highest BCUT2D eigenvalue weighted by molar-refractivity contribution is 5.98. The van der Waals surface area contributed by atoms with Gasteiger partial charge in [0.15, 0.2) is 0 Å². The van der Waals surface area contributed by atoms with Crippen LogP contribution in [-0.4, -0.2) is 58.2 Å². The smallest absolute Gasteiger partial charge is 0.246 e. The summed E-state index contributed by atoms with van der Waals surface area (Å²) < 4.78 is 6.99. The van der Waals surface area contributed by atoms with Crippen LogP contribution in [0, 0.1) is 13.8 Å². The van der Waals surface area contributed by atoms with E-state index in [1.54, 1.807) is 21.6 Å². The monoisotopic (exact) mass is 495 g/mol. The predicted octanol–water partition coefficient (Wildman–Crippen LogP) is 4.11. The first-order chi connectivity index (χ1) is 17.9. The standard InChI is InChI=1S/C29H29N5O3/c1-20-14-25(30-17-21(20)2)26-16-27(22-8-5-4-6-9-22)34(31-26)19-28(35)32-12-13-33(29(36)18-32)23-10-7-11-24(15-23)37-3/h4-11,14-17H,12-13,18-19H2,1-3H3. The van der Waals surface area contributed by atoms with E-state index in [0.717, 1.165) is 33.8 Å². The van der Waals surface area contributed by atoms with Gasteiger partial charge in [0.2, 0.25) is 11.8 Å². The molecule has 0 aliphatic carbocycles. The lowest BCUT2D eigenvalue weighted by molar-refractivity contribution is -0.137. The van der Waals surface area contributed by atoms with Crippen LogP contribution in [0.4, 0.5) is 5.69 Å². The second-order valence-electron chi connectivity index (χ2n) is 9.15. The van der Waals surface area contributed by atoms with Crippen LogP contribution in [0.25, 0.3) is 22.6 Å². The van der Waals surface area contributed by atoms with Crippen LogP contribution in [0.3, 0.4) is 0 Å². The molecule has 2 amide bonds. The van der Waals surface area contributed by atoms with Gasteiger partial charge >= 0.3 is 0 Å². The van der Waals surface area contributed by atoms with Gasteiger partial charge < -0.3 is 14.5 Å². The summed E-state index contributed by atoms with van der Waals surface area (Å²) in [5.74, 6) is 0.403. The van der Waals surface area contributed by atoms with Crippen LogP contribution in [0.15, 0.2) is 72.9 Å². The minimum atomic E-state index is -0.154. The number of carbonyl (C=O) groups excluding carboxylic acids is 2. The fourth-order valence-electron chi connectivity index (χ4n) is 4.43. The minimum Gasteiger partial charge on any atom is -0.497 e. The van der Waals surface area contributed by atoms with Crippen molar-refractivity contribution in [3.8, 4) is 28.4 Å². The molecule has 2 aromatic carbocycles. The number of amides is 2. The van der Waals surface area contributed by atoms with Gasteiger partial charge in [-0.15, -0.1) is 0 Å². The molecule has 0 saturated carbocycles. The molecule has 3 heterocycles. The average molecular weight is 496 g/mol. The summed E-state index contributed by atoms with van der Waals surface area (Å²) in [5, 5.41) is 4.76. The average Bonchev–Trinajstić information content (AvgIpc) is 3.34. The largest absolute Gasteiger partial charge is 0.497 e. The lowest BCUT2D eigenvalue weighted by Gasteiger charge is -2.34. The molecule has 37 heavy (non-hydrogen) atoms. The summed E-state index contributed by atoms with van der Waals surface area (Å²) >= 11 is 0. The van der Waals surface area contributed by atoms with Gasteiger partial charge in [0.05, 0.1) is 18.5 Å². The molecule has 0 bridgehead atoms. The lowest BCUT2D eigenvalue weighted by atomic mass is 10.1. The maximum atomic E-state index is 13.3. The Hall–Kier alpha value is -4.46. The zero-order chi connectivity index (χ0) is 25.9. The Balaban J connectivity index is 1.37. The van der Waals surface area contributed by atoms with Gasteiger partial charge in [-0.1, -0.05) is 36.4 Å². The Morgan fingerprint density at radius 2 is 1.76 bits per heavy atom. The van der Waals surface area contributed by atoms with Crippen molar-refractivity contribution in [2.75, 3.05) is 31.6 Å². The Labute approximate surface area is 216 Å². The number of methoxy groups -OCH3 is 1. The number of hydrogen-bond acceptors (Lipinski definition) is 5. The predicted molar refractivity (Wildman–Crippen MR) is 142 cm³/mol. The zero-order valence-electron chi connectivity index (χ0n) is 21.2. The molecule has 188 valence electrons. The van der Waals surface area contributed by atoms with Gasteiger partial charge in [-0.3, -0.25) is 19.3 Å². The number of nitrogens with zero attached hydrogens (tertiary/aromatic N) is 5. The van der Waals surface area contributed by atoms with Crippen molar-refractivity contribution in [1.29, 1.82) is 0 Å². The maximum Gasteiger partial charge on any atom is 0.246 e. The Morgan fingerprint density at radius 3 is 2.49 bits per heavy atom. The maximum absolute atomic E-state index is 13.3. The van der Waals surface area contributed by atoms with Crippen molar-refractivity contribution in [3.63, 3.8) is 0 Å². The minimum absolute atomic E-state index is 0.0174. The van der Waals surface area contributed by atoms with E-state index in [9.17, 15) is 9.59 Å². The normalized spacial score (nSPS) is 13.6. The lowest BCUT2D eigenvalue weighted by Crippen LogP contribution is -2.53. The SMILES string of the molecule is COc1cccc(N2CCN(C(=O)Cn3nc(-c4cc(C)c(C)cn4)cc3-c3ccccc3)CC2=O)c1. The molecule has 8 nitrogen and oxygen atoms in total. The van der Waals surface area contributed by atoms with Gasteiger partial charge in [0, 0.05) is 31.0 Å². The number of hydrogen-bond donors (Lipinski definition) is 0. The number of anilines is 1. The van der Waals surface area contributed by atoms with E-state index in [-0.39, 0.29) is 24.9 Å². The first kappa shape index (κ1) is 24.2. The van der Waals surface area contributed by atoms with Crippen LogP contribution in [0.2, 0.25) is 0 Å². The van der Waals surface area contributed by atoms with E-state index < -0.39 is 0 Å². The number of aryl methyl sites for hydroxylation is 2. The number of ether oxygens (including phenoxy) is 1. The van der Waals surface area contributed by atoms with E-state index in [0.29, 0.717) is 24.5 Å². The summed E-state index contributed by atoms with van der Waals surface area (Å²) in [6.45, 7) is 4.97. The second kappa shape index (κ2) is 10.3. The Kier molecular flexibility index (Phi) is 6.72. The molecule has 5 rings (SSSR count). The van der Waals surface area contributed by atoms with Crippen LogP contribution in [0.1, 0.15) is 11.1 Å². The summed E-state index contributed by atoms with van der Waals surface area (Å²) in [6, 6.07) is 21.2. The van der Waals surface area contributed by atoms with Crippen molar-refractivity contribution in [2.45, 2.75) is 20.4 Å². The molecule has 0 radical (unpaired) electrons.